The number of hydrogen-bond acceptors (Lipinski definition) is 3. The molecule has 0 saturated heterocycles. The molecule has 3 nitrogen and oxygen atoms in total. The van der Waals surface area contributed by atoms with Crippen molar-refractivity contribution in [1.29, 1.82) is 0 Å². The van der Waals surface area contributed by atoms with Gasteiger partial charge in [-0.1, -0.05) is 44.6 Å². The van der Waals surface area contributed by atoms with Crippen molar-refractivity contribution < 1.29 is 39.9 Å². The molecule has 1 aliphatic rings. The van der Waals surface area contributed by atoms with E-state index in [2.05, 4.69) is 27.7 Å². The topological polar surface area (TPSA) is 35.0 Å². The van der Waals surface area contributed by atoms with E-state index >= 15 is 0 Å². The maximum absolute atomic E-state index is 14.8. The summed E-state index contributed by atoms with van der Waals surface area (Å²) in [7, 11) is 0. The minimum atomic E-state index is -5.04. The lowest BCUT2D eigenvalue weighted by Crippen LogP contribution is -2.25. The zero-order valence-electron chi connectivity index (χ0n) is 21.3. The van der Waals surface area contributed by atoms with Gasteiger partial charge in [-0.25, -0.2) is 23.1 Å². The summed E-state index contributed by atoms with van der Waals surface area (Å²) in [6.07, 6.45) is 2.73. The van der Waals surface area contributed by atoms with Crippen LogP contribution >= 0.6 is 0 Å². The Morgan fingerprint density at radius 1 is 0.975 bits per heavy atom. The molecule has 0 fully saturated rings. The summed E-state index contributed by atoms with van der Waals surface area (Å²) >= 11 is 0. The lowest BCUT2D eigenvalue weighted by atomic mass is 9.84. The Morgan fingerprint density at radius 2 is 1.70 bits per heavy atom. The predicted molar refractivity (Wildman–Crippen MR) is 133 cm³/mol. The molecule has 3 aromatic rings. The standard InChI is InChI=1S/C29H24F8N2O/c1-2-3-4-5-17-6-8-18(9-7-17)20-15-38-27(39-16-20)29(36,37)40-21-12-19-13-23(30)22(10-11-28(33,34)35)26(32)25(19)24(31)14-21/h8,12-17H,2-7,9H2,1H3. The van der Waals surface area contributed by atoms with Gasteiger partial charge in [-0.3, -0.25) is 0 Å². The first-order valence-corrected chi connectivity index (χ1v) is 12.7. The smallest absolute Gasteiger partial charge is 0.426 e. The van der Waals surface area contributed by atoms with Crippen LogP contribution in [-0.2, 0) is 6.11 Å². The summed E-state index contributed by atoms with van der Waals surface area (Å²) in [6, 6.07) is 1.60. The lowest BCUT2D eigenvalue weighted by Gasteiger charge is -2.22. The fourth-order valence-electron chi connectivity index (χ4n) is 4.63. The number of fused-ring (bicyclic) bond motifs is 1. The number of rotatable bonds is 8. The van der Waals surface area contributed by atoms with Crippen LogP contribution in [0.2, 0.25) is 0 Å². The Hall–Kier alpha value is -3.68. The summed E-state index contributed by atoms with van der Waals surface area (Å²) in [5.41, 5.74) is 0.248. The summed E-state index contributed by atoms with van der Waals surface area (Å²) in [6.45, 7) is 2.15. The first-order valence-electron chi connectivity index (χ1n) is 12.7. The van der Waals surface area contributed by atoms with Crippen LogP contribution in [0.3, 0.4) is 0 Å². The minimum absolute atomic E-state index is 0.399. The Kier molecular flexibility index (Phi) is 8.66. The normalized spacial score (nSPS) is 15.9. The fourth-order valence-corrected chi connectivity index (χ4v) is 4.63. The number of unbranched alkanes of at least 4 members (excludes halogenated alkanes) is 2. The molecular formula is C29H24F8N2O. The quantitative estimate of drug-likeness (QED) is 0.155. The first-order chi connectivity index (χ1) is 18.9. The second-order valence-electron chi connectivity index (χ2n) is 9.58. The van der Waals surface area contributed by atoms with E-state index in [4.69, 9.17) is 0 Å². The molecule has 1 atom stereocenters. The molecule has 0 amide bonds. The monoisotopic (exact) mass is 568 g/mol. The van der Waals surface area contributed by atoms with Crippen LogP contribution in [0.4, 0.5) is 35.1 Å². The summed E-state index contributed by atoms with van der Waals surface area (Å²) in [5, 5.41) is -1.50. The third kappa shape index (κ3) is 6.90. The van der Waals surface area contributed by atoms with Gasteiger partial charge < -0.3 is 4.74 Å². The maximum atomic E-state index is 14.8. The predicted octanol–water partition coefficient (Wildman–Crippen LogP) is 8.85. The average molecular weight is 569 g/mol. The maximum Gasteiger partial charge on any atom is 0.462 e. The van der Waals surface area contributed by atoms with E-state index in [-0.39, 0.29) is 0 Å². The van der Waals surface area contributed by atoms with Gasteiger partial charge in [0.1, 0.15) is 17.4 Å². The number of hydrogen-bond donors (Lipinski definition) is 0. The summed E-state index contributed by atoms with van der Waals surface area (Å²) in [5.74, 6) is -3.93. The highest BCUT2D eigenvalue weighted by molar-refractivity contribution is 5.87. The molecule has 11 heteroatoms. The highest BCUT2D eigenvalue weighted by atomic mass is 19.4. The Morgan fingerprint density at radius 3 is 2.33 bits per heavy atom. The van der Waals surface area contributed by atoms with E-state index in [1.807, 2.05) is 0 Å². The van der Waals surface area contributed by atoms with Crippen molar-refractivity contribution in [2.24, 2.45) is 5.92 Å². The zero-order chi connectivity index (χ0) is 29.1. The van der Waals surface area contributed by atoms with Crippen LogP contribution in [0, 0.1) is 35.2 Å². The third-order valence-corrected chi connectivity index (χ3v) is 6.65. The second kappa shape index (κ2) is 11.8. The van der Waals surface area contributed by atoms with Gasteiger partial charge in [-0.2, -0.15) is 22.0 Å². The van der Waals surface area contributed by atoms with E-state index in [0.717, 1.165) is 43.7 Å². The van der Waals surface area contributed by atoms with Crippen molar-refractivity contribution >= 4 is 16.3 Å². The van der Waals surface area contributed by atoms with Crippen molar-refractivity contribution in [3.05, 3.63) is 71.1 Å². The molecule has 0 N–H and O–H groups in total. The van der Waals surface area contributed by atoms with Gasteiger partial charge in [-0.15, -0.1) is 0 Å². The van der Waals surface area contributed by atoms with Crippen LogP contribution < -0.4 is 4.74 Å². The largest absolute Gasteiger partial charge is 0.462 e. The molecule has 1 heterocycles. The van der Waals surface area contributed by atoms with E-state index < -0.39 is 57.6 Å². The van der Waals surface area contributed by atoms with E-state index in [1.54, 1.807) is 0 Å². The Labute approximate surface area is 225 Å². The van der Waals surface area contributed by atoms with Crippen LogP contribution in [0.15, 0.2) is 36.7 Å². The molecule has 0 aliphatic heterocycles. The van der Waals surface area contributed by atoms with Crippen molar-refractivity contribution in [3.8, 4) is 17.6 Å². The van der Waals surface area contributed by atoms with Crippen LogP contribution in [-0.4, -0.2) is 16.1 Å². The summed E-state index contributed by atoms with van der Waals surface area (Å²) < 4.78 is 115. The molecular weight excluding hydrogens is 544 g/mol. The fraction of sp³-hybridized carbons (Fsp3) is 0.379. The number of alkyl halides is 5. The molecule has 212 valence electrons. The van der Waals surface area contributed by atoms with Gasteiger partial charge in [0.2, 0.25) is 5.82 Å². The molecule has 0 bridgehead atoms. The van der Waals surface area contributed by atoms with Crippen molar-refractivity contribution in [2.75, 3.05) is 0 Å². The van der Waals surface area contributed by atoms with Crippen molar-refractivity contribution in [2.45, 2.75) is 64.2 Å². The van der Waals surface area contributed by atoms with Crippen LogP contribution in [0.25, 0.3) is 16.3 Å². The molecule has 40 heavy (non-hydrogen) atoms. The number of nitrogens with zero attached hydrogens (tertiary/aromatic N) is 2. The highest BCUT2D eigenvalue weighted by Gasteiger charge is 2.39. The van der Waals surface area contributed by atoms with Gasteiger partial charge in [0.05, 0.1) is 10.9 Å². The van der Waals surface area contributed by atoms with Crippen LogP contribution in [0.1, 0.15) is 68.8 Å². The highest BCUT2D eigenvalue weighted by Crippen LogP contribution is 2.36. The average Bonchev–Trinajstić information content (AvgIpc) is 2.88. The number of ether oxygens (including phenoxy) is 1. The molecule has 1 unspecified atom stereocenters. The number of aromatic nitrogens is 2. The molecule has 1 aliphatic carbocycles. The van der Waals surface area contributed by atoms with E-state index in [9.17, 15) is 35.1 Å². The van der Waals surface area contributed by atoms with Crippen molar-refractivity contribution in [3.63, 3.8) is 0 Å². The molecule has 1 aromatic heterocycles. The van der Waals surface area contributed by atoms with Gasteiger partial charge >= 0.3 is 12.3 Å². The summed E-state index contributed by atoms with van der Waals surface area (Å²) in [4.78, 5) is 7.44. The molecule has 0 spiro atoms. The number of allylic oxidation sites excluding steroid dienone is 2. The molecule has 2 aromatic carbocycles. The van der Waals surface area contributed by atoms with Crippen LogP contribution in [0.5, 0.6) is 5.75 Å². The first kappa shape index (κ1) is 29.3. The zero-order valence-corrected chi connectivity index (χ0v) is 21.3. The lowest BCUT2D eigenvalue weighted by molar-refractivity contribution is -0.192. The number of halogens is 8. The van der Waals surface area contributed by atoms with Crippen molar-refractivity contribution in [1.82, 2.24) is 9.97 Å². The Bertz CT molecular complexity index is 1470. The SMILES string of the molecule is CCCCCC1CC=C(c2cnc(C(F)(F)Oc3cc(F)c4c(F)c(C#CC(F)(F)F)c(F)cc4c3)nc2)CC1. The molecule has 0 saturated carbocycles. The van der Waals surface area contributed by atoms with Gasteiger partial charge in [0.15, 0.2) is 5.82 Å². The molecule has 4 rings (SSSR count). The Balaban J connectivity index is 1.52. The van der Waals surface area contributed by atoms with Gasteiger partial charge in [-0.05, 0) is 48.3 Å². The van der Waals surface area contributed by atoms with E-state index in [1.165, 1.54) is 31.2 Å². The third-order valence-electron chi connectivity index (χ3n) is 6.65. The van der Waals surface area contributed by atoms with Gasteiger partial charge in [0, 0.05) is 29.9 Å². The molecule has 0 radical (unpaired) electrons. The minimum Gasteiger partial charge on any atom is -0.426 e. The number of benzene rings is 2. The second-order valence-corrected chi connectivity index (χ2v) is 9.58. The van der Waals surface area contributed by atoms with Gasteiger partial charge in [0.25, 0.3) is 0 Å². The van der Waals surface area contributed by atoms with E-state index in [0.29, 0.717) is 29.5 Å².